The maximum Gasteiger partial charge on any atom is 0.222 e. The number of amides is 1. The second-order valence-electron chi connectivity index (χ2n) is 5.39. The first-order chi connectivity index (χ1) is 9.13. The van der Waals surface area contributed by atoms with Crippen LogP contribution >= 0.6 is 0 Å². The number of carbonyl (C=O) groups is 1. The topological polar surface area (TPSA) is 55.7 Å². The number of carbonyl (C=O) groups excluding carboxylic acids is 1. The van der Waals surface area contributed by atoms with Crippen LogP contribution in [0.5, 0.6) is 0 Å². The molecule has 1 aliphatic heterocycles. The van der Waals surface area contributed by atoms with Gasteiger partial charge in [-0.3, -0.25) is 4.79 Å². The van der Waals surface area contributed by atoms with Crippen LogP contribution < -0.4 is 5.32 Å². The molecule has 1 saturated heterocycles. The molecule has 117 valence electrons. The van der Waals surface area contributed by atoms with Gasteiger partial charge >= 0.3 is 0 Å². The van der Waals surface area contributed by atoms with Gasteiger partial charge in [-0.25, -0.2) is 0 Å². The Morgan fingerprint density at radius 2 is 2.00 bits per heavy atom. The second-order valence-corrected chi connectivity index (χ2v) is 5.39. The van der Waals surface area contributed by atoms with E-state index >= 15 is 0 Å². The van der Waals surface area contributed by atoms with Crippen LogP contribution in [0.2, 0.25) is 0 Å². The molecule has 1 fully saturated rings. The molecule has 1 rings (SSSR count). The van der Waals surface area contributed by atoms with Crippen molar-refractivity contribution in [3.63, 3.8) is 0 Å². The molecule has 0 aromatic heterocycles. The van der Waals surface area contributed by atoms with Gasteiger partial charge < -0.3 is 20.3 Å². The Morgan fingerprint density at radius 1 is 1.35 bits per heavy atom. The molecule has 20 heavy (non-hydrogen) atoms. The van der Waals surface area contributed by atoms with Crippen LogP contribution in [0.4, 0.5) is 0 Å². The minimum Gasteiger partial charge on any atom is -0.662 e. The van der Waals surface area contributed by atoms with E-state index in [-0.39, 0.29) is 30.4 Å². The summed E-state index contributed by atoms with van der Waals surface area (Å²) in [4.78, 5) is 13.7. The van der Waals surface area contributed by atoms with Crippen molar-refractivity contribution in [1.29, 1.82) is 0 Å². The van der Waals surface area contributed by atoms with Gasteiger partial charge in [0.15, 0.2) is 0 Å². The van der Waals surface area contributed by atoms with Crippen LogP contribution in [0.1, 0.15) is 26.7 Å². The third-order valence-electron chi connectivity index (χ3n) is 3.54. The van der Waals surface area contributed by atoms with Gasteiger partial charge in [-0.15, -0.1) is 6.04 Å². The quantitative estimate of drug-likeness (QED) is 0.685. The summed E-state index contributed by atoms with van der Waals surface area (Å²) in [5, 5.41) is 7.18. The van der Waals surface area contributed by atoms with Crippen LogP contribution in [-0.4, -0.2) is 63.3 Å². The smallest absolute Gasteiger partial charge is 0.222 e. The van der Waals surface area contributed by atoms with Gasteiger partial charge in [-0.2, -0.15) is 7.05 Å². The van der Waals surface area contributed by atoms with Crippen molar-refractivity contribution >= 4 is 5.91 Å². The van der Waals surface area contributed by atoms with Gasteiger partial charge in [0.1, 0.15) is 0 Å². The predicted molar refractivity (Wildman–Crippen MR) is 77.4 cm³/mol. The number of hydrogen-bond donors (Lipinski definition) is 1. The number of nitrogens with zero attached hydrogens (tertiary/aromatic N) is 2. The molecule has 0 saturated carbocycles. The van der Waals surface area contributed by atoms with E-state index in [1.54, 1.807) is 0 Å². The van der Waals surface area contributed by atoms with Crippen molar-refractivity contribution in [2.24, 2.45) is 5.92 Å². The maximum absolute atomic E-state index is 11.3. The average molecular weight is 321 g/mol. The van der Waals surface area contributed by atoms with Gasteiger partial charge in [0.05, 0.1) is 13.2 Å². The molecule has 1 aliphatic rings. The molecule has 0 spiro atoms. The Balaban J connectivity index is 0.00000361. The van der Waals surface area contributed by atoms with Crippen molar-refractivity contribution < 1.29 is 28.1 Å². The Bertz CT molecular complexity index is 257. The van der Waals surface area contributed by atoms with Gasteiger partial charge in [0, 0.05) is 37.6 Å². The zero-order chi connectivity index (χ0) is 14.1. The van der Waals surface area contributed by atoms with Gasteiger partial charge in [-0.1, -0.05) is 26.7 Å². The van der Waals surface area contributed by atoms with Gasteiger partial charge in [0.2, 0.25) is 5.91 Å². The summed E-state index contributed by atoms with van der Waals surface area (Å²) < 4.78 is 5.54. The van der Waals surface area contributed by atoms with Crippen molar-refractivity contribution in [3.8, 4) is 0 Å². The molecule has 0 bridgehead atoms. The minimum absolute atomic E-state index is 0. The van der Waals surface area contributed by atoms with E-state index in [1.165, 1.54) is 12.8 Å². The average Bonchev–Trinajstić information content (AvgIpc) is 2.42. The molecule has 0 atom stereocenters. The van der Waals surface area contributed by atoms with Crippen molar-refractivity contribution in [2.75, 3.05) is 46.4 Å². The van der Waals surface area contributed by atoms with E-state index in [4.69, 9.17) is 4.74 Å². The standard InChI is InChI=1S/C14H28N3O2.V/c1-12(2)14(18)16-6-10-19-11-9-17-7-4-13(15-3)5-8-17;/h12-13H,4-11H2,1-3H3,(H,16,18);/q-1;. The number of rotatable bonds is 8. The molecule has 0 aliphatic carbocycles. The molecule has 1 amide bonds. The Hall–Kier alpha value is -0.0656. The zero-order valence-electron chi connectivity index (χ0n) is 13.0. The maximum atomic E-state index is 11.3. The number of ether oxygens (including phenoxy) is 1. The Kier molecular flexibility index (Phi) is 11.5. The number of hydrogen-bond acceptors (Lipinski definition) is 3. The summed E-state index contributed by atoms with van der Waals surface area (Å²) in [7, 11) is 1.91. The third-order valence-corrected chi connectivity index (χ3v) is 3.54. The molecule has 0 aromatic carbocycles. The summed E-state index contributed by atoms with van der Waals surface area (Å²) in [5.74, 6) is 0.138. The summed E-state index contributed by atoms with van der Waals surface area (Å²) in [6.45, 7) is 8.95. The fourth-order valence-corrected chi connectivity index (χ4v) is 2.15. The van der Waals surface area contributed by atoms with E-state index in [1.807, 2.05) is 20.9 Å². The molecule has 1 radical (unpaired) electrons. The van der Waals surface area contributed by atoms with E-state index in [0.717, 1.165) is 26.2 Å². The van der Waals surface area contributed by atoms with Crippen LogP contribution in [-0.2, 0) is 28.1 Å². The summed E-state index contributed by atoms with van der Waals surface area (Å²) in [6, 6.07) is 0.559. The number of likely N-dealkylation sites (tertiary alicyclic amines) is 1. The minimum atomic E-state index is 0. The first-order valence-electron chi connectivity index (χ1n) is 7.30. The van der Waals surface area contributed by atoms with Gasteiger partial charge in [0.25, 0.3) is 0 Å². The molecular weight excluding hydrogens is 293 g/mol. The molecule has 1 heterocycles. The molecular formula is C14H28N3O2V-. The molecule has 0 unspecified atom stereocenters. The van der Waals surface area contributed by atoms with E-state index in [0.29, 0.717) is 19.2 Å². The zero-order valence-corrected chi connectivity index (χ0v) is 14.4. The fourth-order valence-electron chi connectivity index (χ4n) is 2.15. The normalized spacial score (nSPS) is 17.0. The first kappa shape index (κ1) is 19.9. The molecule has 5 nitrogen and oxygen atoms in total. The number of nitrogens with one attached hydrogen (secondary N) is 1. The summed E-state index contributed by atoms with van der Waals surface area (Å²) in [6.07, 6.45) is 2.34. The monoisotopic (exact) mass is 321 g/mol. The van der Waals surface area contributed by atoms with Gasteiger partial charge in [-0.05, 0) is 13.1 Å². The van der Waals surface area contributed by atoms with E-state index in [2.05, 4.69) is 15.5 Å². The van der Waals surface area contributed by atoms with Crippen LogP contribution in [0.25, 0.3) is 5.32 Å². The SMILES string of the molecule is C[N-]C1CCN(CCOCCNC(=O)C(C)C)CC1.[V]. The Labute approximate surface area is 135 Å². The van der Waals surface area contributed by atoms with Crippen molar-refractivity contribution in [3.05, 3.63) is 5.32 Å². The second kappa shape index (κ2) is 11.6. The van der Waals surface area contributed by atoms with E-state index < -0.39 is 0 Å². The largest absolute Gasteiger partial charge is 0.662 e. The van der Waals surface area contributed by atoms with Crippen LogP contribution in [0.15, 0.2) is 0 Å². The predicted octanol–water partition coefficient (Wildman–Crippen LogP) is 1.24. The molecule has 0 aromatic rings. The number of piperidine rings is 1. The fraction of sp³-hybridized carbons (Fsp3) is 0.929. The molecule has 6 heteroatoms. The summed E-state index contributed by atoms with van der Waals surface area (Å²) in [5.41, 5.74) is 0. The van der Waals surface area contributed by atoms with Crippen LogP contribution in [0.3, 0.4) is 0 Å². The Morgan fingerprint density at radius 3 is 2.55 bits per heavy atom. The third kappa shape index (κ3) is 8.27. The van der Waals surface area contributed by atoms with Crippen molar-refractivity contribution in [2.45, 2.75) is 32.7 Å². The van der Waals surface area contributed by atoms with Crippen molar-refractivity contribution in [1.82, 2.24) is 10.2 Å². The summed E-state index contributed by atoms with van der Waals surface area (Å²) >= 11 is 0. The molecule has 1 N–H and O–H groups in total. The van der Waals surface area contributed by atoms with E-state index in [9.17, 15) is 4.79 Å². The first-order valence-corrected chi connectivity index (χ1v) is 7.30. The van der Waals surface area contributed by atoms with Crippen LogP contribution in [0, 0.1) is 5.92 Å².